The average Bonchev–Trinajstić information content (AvgIpc) is 3.95. The van der Waals surface area contributed by atoms with Crippen LogP contribution in [0.2, 0.25) is 0 Å². The molecule has 0 radical (unpaired) electrons. The molecule has 5 nitrogen and oxygen atoms in total. The molecule has 0 unspecified atom stereocenters. The van der Waals surface area contributed by atoms with Gasteiger partial charge in [-0.05, 0) is 84.2 Å². The van der Waals surface area contributed by atoms with Crippen LogP contribution in [0.3, 0.4) is 0 Å². The number of aromatic nitrogens is 4. The fourth-order valence-corrected chi connectivity index (χ4v) is 9.44. The highest BCUT2D eigenvalue weighted by Gasteiger charge is 2.19. The van der Waals surface area contributed by atoms with Gasteiger partial charge in [0.25, 0.3) is 0 Å². The van der Waals surface area contributed by atoms with Gasteiger partial charge in [-0.15, -0.1) is 0 Å². The summed E-state index contributed by atoms with van der Waals surface area (Å²) < 4.78 is 11.0. The number of fused-ring (bicyclic) bond motifs is 11. The summed E-state index contributed by atoms with van der Waals surface area (Å²) in [5.74, 6) is 0.684. The first-order chi connectivity index (χ1) is 29.2. The Labute approximate surface area is 337 Å². The second-order valence-electron chi connectivity index (χ2n) is 15.4. The SMILES string of the molecule is c1cc(-n2c3ccccc3c3ccccc32)c2cc3c(cc2c1)c1ccccc1n3-c1ccc(-c2nc(-c3ccc4oc5ccccc5c4c3)nc3ccccc23)cc1. The van der Waals surface area contributed by atoms with Crippen LogP contribution in [0.15, 0.2) is 199 Å². The monoisotopic (exact) mass is 752 g/mol. The molecule has 4 aromatic heterocycles. The Kier molecular flexibility index (Phi) is 6.66. The summed E-state index contributed by atoms with van der Waals surface area (Å²) in [5, 5.41) is 10.5. The van der Waals surface area contributed by atoms with Crippen LogP contribution in [0, 0.1) is 0 Å². The standard InChI is InChI=1S/C54H32N4O/c1-6-18-45-41(17-1)53(56-54(55-45)35-26-29-52-44(31-35)40-16-5-10-23-51(40)59-52)33-24-27-36(28-25-33)57-46-19-7-4-15-39(46)43-30-34-12-11-22-49(42(34)32-50(43)57)58-47-20-8-2-13-37(47)38-14-3-9-21-48(38)58/h1-32H. The molecule has 9 aromatic carbocycles. The van der Waals surface area contributed by atoms with E-state index in [9.17, 15) is 0 Å². The van der Waals surface area contributed by atoms with Crippen LogP contribution in [-0.2, 0) is 0 Å². The van der Waals surface area contributed by atoms with E-state index in [1.54, 1.807) is 0 Å². The lowest BCUT2D eigenvalue weighted by Gasteiger charge is -2.14. The highest BCUT2D eigenvalue weighted by atomic mass is 16.3. The number of hydrogen-bond acceptors (Lipinski definition) is 3. The molecule has 0 atom stereocenters. The minimum absolute atomic E-state index is 0.684. The Balaban J connectivity index is 0.986. The Morgan fingerprint density at radius 2 is 0.966 bits per heavy atom. The van der Waals surface area contributed by atoms with Gasteiger partial charge in [0.1, 0.15) is 11.2 Å². The van der Waals surface area contributed by atoms with Crippen molar-refractivity contribution in [2.75, 3.05) is 0 Å². The van der Waals surface area contributed by atoms with Gasteiger partial charge in [0.15, 0.2) is 5.82 Å². The molecule has 274 valence electrons. The van der Waals surface area contributed by atoms with Gasteiger partial charge in [-0.3, -0.25) is 0 Å². The highest BCUT2D eigenvalue weighted by Crippen LogP contribution is 2.40. The molecule has 0 aliphatic carbocycles. The molecule has 0 aliphatic heterocycles. The summed E-state index contributed by atoms with van der Waals surface area (Å²) in [6, 6.07) is 69.1. The number of para-hydroxylation sites is 5. The predicted molar refractivity (Wildman–Crippen MR) is 244 cm³/mol. The van der Waals surface area contributed by atoms with Crippen molar-refractivity contribution >= 4 is 87.2 Å². The van der Waals surface area contributed by atoms with Gasteiger partial charge in [0.2, 0.25) is 0 Å². The molecular formula is C54H32N4O. The quantitative estimate of drug-likeness (QED) is 0.180. The zero-order chi connectivity index (χ0) is 38.6. The van der Waals surface area contributed by atoms with E-state index in [1.807, 2.05) is 30.3 Å². The molecule has 0 saturated carbocycles. The summed E-state index contributed by atoms with van der Waals surface area (Å²) in [7, 11) is 0. The van der Waals surface area contributed by atoms with Crippen molar-refractivity contribution in [3.8, 4) is 34.0 Å². The van der Waals surface area contributed by atoms with E-state index in [1.165, 1.54) is 54.6 Å². The number of furan rings is 1. The van der Waals surface area contributed by atoms with Crippen molar-refractivity contribution in [3.63, 3.8) is 0 Å². The molecule has 0 bridgehead atoms. The van der Waals surface area contributed by atoms with Crippen molar-refractivity contribution in [1.82, 2.24) is 19.1 Å². The molecule has 0 amide bonds. The molecule has 0 aliphatic rings. The Bertz CT molecular complexity index is 3800. The number of hydrogen-bond donors (Lipinski definition) is 0. The van der Waals surface area contributed by atoms with Crippen LogP contribution in [0.5, 0.6) is 0 Å². The fourth-order valence-electron chi connectivity index (χ4n) is 9.44. The van der Waals surface area contributed by atoms with Crippen LogP contribution in [-0.4, -0.2) is 19.1 Å². The fraction of sp³-hybridized carbons (Fsp3) is 0. The first kappa shape index (κ1) is 32.1. The molecule has 0 saturated heterocycles. The normalized spacial score (nSPS) is 12.1. The van der Waals surface area contributed by atoms with E-state index in [2.05, 4.69) is 173 Å². The molecular weight excluding hydrogens is 721 g/mol. The first-order valence-corrected chi connectivity index (χ1v) is 20.0. The smallest absolute Gasteiger partial charge is 0.160 e. The molecule has 0 spiro atoms. The second-order valence-corrected chi connectivity index (χ2v) is 15.4. The predicted octanol–water partition coefficient (Wildman–Crippen LogP) is 14.2. The molecule has 0 fully saturated rings. The van der Waals surface area contributed by atoms with Crippen LogP contribution in [0.25, 0.3) is 121 Å². The van der Waals surface area contributed by atoms with E-state index in [-0.39, 0.29) is 0 Å². The van der Waals surface area contributed by atoms with Gasteiger partial charge in [-0.2, -0.15) is 0 Å². The summed E-state index contributed by atoms with van der Waals surface area (Å²) >= 11 is 0. The Morgan fingerprint density at radius 1 is 0.356 bits per heavy atom. The number of nitrogens with zero attached hydrogens (tertiary/aromatic N) is 4. The van der Waals surface area contributed by atoms with Gasteiger partial charge in [-0.1, -0.05) is 115 Å². The van der Waals surface area contributed by atoms with E-state index in [0.717, 1.165) is 60.9 Å². The van der Waals surface area contributed by atoms with Crippen molar-refractivity contribution in [2.24, 2.45) is 0 Å². The maximum atomic E-state index is 6.13. The van der Waals surface area contributed by atoms with E-state index in [0.29, 0.717) is 5.82 Å². The third kappa shape index (κ3) is 4.73. The summed E-state index contributed by atoms with van der Waals surface area (Å²) in [6.07, 6.45) is 0. The van der Waals surface area contributed by atoms with E-state index < -0.39 is 0 Å². The lowest BCUT2D eigenvalue weighted by molar-refractivity contribution is 0.669. The van der Waals surface area contributed by atoms with Gasteiger partial charge in [0, 0.05) is 59.9 Å². The third-order valence-corrected chi connectivity index (χ3v) is 12.1. The maximum Gasteiger partial charge on any atom is 0.160 e. The molecule has 5 heteroatoms. The topological polar surface area (TPSA) is 48.8 Å². The van der Waals surface area contributed by atoms with Crippen molar-refractivity contribution < 1.29 is 4.42 Å². The second kappa shape index (κ2) is 12.2. The van der Waals surface area contributed by atoms with Crippen LogP contribution in [0.4, 0.5) is 0 Å². The number of rotatable bonds is 4. The van der Waals surface area contributed by atoms with E-state index >= 15 is 0 Å². The summed E-state index contributed by atoms with van der Waals surface area (Å²) in [4.78, 5) is 10.3. The highest BCUT2D eigenvalue weighted by molar-refractivity contribution is 6.16. The average molecular weight is 753 g/mol. The van der Waals surface area contributed by atoms with Gasteiger partial charge in [0.05, 0.1) is 39.0 Å². The van der Waals surface area contributed by atoms with E-state index in [4.69, 9.17) is 14.4 Å². The molecule has 13 rings (SSSR count). The lowest BCUT2D eigenvalue weighted by Crippen LogP contribution is -1.97. The largest absolute Gasteiger partial charge is 0.456 e. The molecule has 13 aromatic rings. The minimum atomic E-state index is 0.684. The van der Waals surface area contributed by atoms with Crippen molar-refractivity contribution in [3.05, 3.63) is 194 Å². The summed E-state index contributed by atoms with van der Waals surface area (Å²) in [5.41, 5.74) is 12.5. The van der Waals surface area contributed by atoms with Crippen LogP contribution in [0.1, 0.15) is 0 Å². The zero-order valence-corrected chi connectivity index (χ0v) is 31.7. The Hall–Kier alpha value is -8.02. The van der Waals surface area contributed by atoms with Gasteiger partial charge >= 0.3 is 0 Å². The Morgan fingerprint density at radius 3 is 1.73 bits per heavy atom. The van der Waals surface area contributed by atoms with Crippen molar-refractivity contribution in [2.45, 2.75) is 0 Å². The molecule has 0 N–H and O–H groups in total. The number of benzene rings is 9. The van der Waals surface area contributed by atoms with Crippen LogP contribution < -0.4 is 0 Å². The van der Waals surface area contributed by atoms with Crippen molar-refractivity contribution in [1.29, 1.82) is 0 Å². The lowest BCUT2D eigenvalue weighted by atomic mass is 10.0. The first-order valence-electron chi connectivity index (χ1n) is 20.0. The van der Waals surface area contributed by atoms with Crippen LogP contribution >= 0.6 is 0 Å². The minimum Gasteiger partial charge on any atom is -0.456 e. The third-order valence-electron chi connectivity index (χ3n) is 12.1. The molecule has 59 heavy (non-hydrogen) atoms. The molecule has 4 heterocycles. The van der Waals surface area contributed by atoms with Gasteiger partial charge in [-0.25, -0.2) is 9.97 Å². The summed E-state index contributed by atoms with van der Waals surface area (Å²) in [6.45, 7) is 0. The zero-order valence-electron chi connectivity index (χ0n) is 31.7. The maximum absolute atomic E-state index is 6.13. The van der Waals surface area contributed by atoms with Gasteiger partial charge < -0.3 is 13.6 Å².